The number of benzene rings is 1. The quantitative estimate of drug-likeness (QED) is 0.701. The second-order valence-corrected chi connectivity index (χ2v) is 4.39. The van der Waals surface area contributed by atoms with Crippen LogP contribution in [0.25, 0.3) is 0 Å². The van der Waals surface area contributed by atoms with E-state index in [0.717, 1.165) is 12.1 Å². The Hall–Kier alpha value is -1.57. The van der Waals surface area contributed by atoms with Gasteiger partial charge in [-0.3, -0.25) is 0 Å². The maximum Gasteiger partial charge on any atom is 0.329 e. The van der Waals surface area contributed by atoms with Gasteiger partial charge in [-0.15, -0.1) is 0 Å². The highest BCUT2D eigenvalue weighted by molar-refractivity contribution is 6.39. The van der Waals surface area contributed by atoms with Crippen LogP contribution in [0.15, 0.2) is 12.1 Å². The van der Waals surface area contributed by atoms with Crippen molar-refractivity contribution in [2.24, 2.45) is 0 Å². The van der Waals surface area contributed by atoms with Crippen molar-refractivity contribution < 1.29 is 23.8 Å². The molecule has 0 radical (unpaired) electrons. The number of carbonyl (C=O) groups is 2. The number of aliphatic carboxylic acids is 1. The van der Waals surface area contributed by atoms with Gasteiger partial charge in [0.1, 0.15) is 12.4 Å². The number of ether oxygens (including phenoxy) is 1. The highest BCUT2D eigenvalue weighted by Gasteiger charge is 2.11. The molecule has 0 atom stereocenters. The number of urea groups is 1. The van der Waals surface area contributed by atoms with Crippen LogP contribution in [0, 0.1) is 5.82 Å². The SMILES string of the molecule is O=C(O)COCCNC(=O)Nc1c(Cl)cc(F)cc1Cl. The van der Waals surface area contributed by atoms with Gasteiger partial charge in [0.05, 0.1) is 22.3 Å². The standard InChI is InChI=1S/C11H11Cl2FN2O4/c12-7-3-6(14)4-8(13)10(7)16-11(19)15-1-2-20-5-9(17)18/h3-4H,1-2,5H2,(H,17,18)(H2,15,16,19). The molecule has 0 saturated carbocycles. The minimum Gasteiger partial charge on any atom is -0.480 e. The predicted octanol–water partition coefficient (Wildman–Crippen LogP) is 2.36. The lowest BCUT2D eigenvalue weighted by atomic mass is 10.3. The molecule has 9 heteroatoms. The van der Waals surface area contributed by atoms with Crippen molar-refractivity contribution >= 4 is 40.9 Å². The average molecular weight is 325 g/mol. The van der Waals surface area contributed by atoms with Crippen molar-refractivity contribution in [3.63, 3.8) is 0 Å². The van der Waals surface area contributed by atoms with Gasteiger partial charge >= 0.3 is 12.0 Å². The summed E-state index contributed by atoms with van der Waals surface area (Å²) in [6.45, 7) is -0.320. The molecule has 0 unspecified atom stereocenters. The zero-order valence-electron chi connectivity index (χ0n) is 10.1. The third-order valence-electron chi connectivity index (χ3n) is 2.00. The number of halogens is 3. The average Bonchev–Trinajstić information content (AvgIpc) is 2.33. The Morgan fingerprint density at radius 3 is 2.45 bits per heavy atom. The van der Waals surface area contributed by atoms with E-state index in [1.807, 2.05) is 0 Å². The molecular weight excluding hydrogens is 314 g/mol. The van der Waals surface area contributed by atoms with Crippen LogP contribution >= 0.6 is 23.2 Å². The molecule has 1 aromatic carbocycles. The number of nitrogens with one attached hydrogen (secondary N) is 2. The first kappa shape index (κ1) is 16.5. The van der Waals surface area contributed by atoms with Crippen LogP contribution < -0.4 is 10.6 Å². The van der Waals surface area contributed by atoms with Crippen molar-refractivity contribution in [2.75, 3.05) is 25.1 Å². The van der Waals surface area contributed by atoms with E-state index in [9.17, 15) is 14.0 Å². The second kappa shape index (κ2) is 7.88. The summed E-state index contributed by atoms with van der Waals surface area (Å²) in [5.41, 5.74) is 0.0821. The van der Waals surface area contributed by atoms with Crippen molar-refractivity contribution in [1.82, 2.24) is 5.32 Å². The summed E-state index contributed by atoms with van der Waals surface area (Å²) in [5, 5.41) is 13.0. The molecule has 0 bridgehead atoms. The topological polar surface area (TPSA) is 87.7 Å². The van der Waals surface area contributed by atoms with Gasteiger partial charge in [0, 0.05) is 6.54 Å². The van der Waals surface area contributed by atoms with Gasteiger partial charge in [-0.05, 0) is 12.1 Å². The molecule has 20 heavy (non-hydrogen) atoms. The summed E-state index contributed by atoms with van der Waals surface area (Å²) in [7, 11) is 0. The van der Waals surface area contributed by atoms with Crippen LogP contribution in [0.1, 0.15) is 0 Å². The van der Waals surface area contributed by atoms with Gasteiger partial charge in [0.15, 0.2) is 0 Å². The molecule has 0 heterocycles. The monoisotopic (exact) mass is 324 g/mol. The van der Waals surface area contributed by atoms with Gasteiger partial charge in [-0.2, -0.15) is 0 Å². The van der Waals surface area contributed by atoms with Gasteiger partial charge in [-0.25, -0.2) is 14.0 Å². The molecule has 0 aromatic heterocycles. The molecule has 0 saturated heterocycles. The van der Waals surface area contributed by atoms with E-state index in [2.05, 4.69) is 10.6 Å². The van der Waals surface area contributed by atoms with Crippen molar-refractivity contribution in [3.8, 4) is 0 Å². The highest BCUT2D eigenvalue weighted by atomic mass is 35.5. The summed E-state index contributed by atoms with van der Waals surface area (Å²) in [5.74, 6) is -1.72. The van der Waals surface area contributed by atoms with Crippen LogP contribution in [-0.2, 0) is 9.53 Å². The van der Waals surface area contributed by atoms with E-state index < -0.39 is 24.4 Å². The Morgan fingerprint density at radius 2 is 1.90 bits per heavy atom. The number of hydrogen-bond acceptors (Lipinski definition) is 3. The van der Waals surface area contributed by atoms with Crippen LogP contribution in [0.3, 0.4) is 0 Å². The smallest absolute Gasteiger partial charge is 0.329 e. The summed E-state index contributed by atoms with van der Waals surface area (Å²) >= 11 is 11.5. The third kappa shape index (κ3) is 5.60. The maximum atomic E-state index is 12.9. The number of carbonyl (C=O) groups excluding carboxylic acids is 1. The molecule has 0 aliphatic carbocycles. The van der Waals surface area contributed by atoms with Crippen LogP contribution in [0.5, 0.6) is 0 Å². The van der Waals surface area contributed by atoms with Crippen LogP contribution in [0.2, 0.25) is 10.0 Å². The zero-order valence-corrected chi connectivity index (χ0v) is 11.6. The molecule has 110 valence electrons. The van der Waals surface area contributed by atoms with Crippen LogP contribution in [0.4, 0.5) is 14.9 Å². The fraction of sp³-hybridized carbons (Fsp3) is 0.273. The molecule has 0 fully saturated rings. The van der Waals surface area contributed by atoms with E-state index in [-0.39, 0.29) is 28.9 Å². The zero-order chi connectivity index (χ0) is 15.1. The van der Waals surface area contributed by atoms with Gasteiger partial charge in [0.25, 0.3) is 0 Å². The molecular formula is C11H11Cl2FN2O4. The Morgan fingerprint density at radius 1 is 1.30 bits per heavy atom. The number of carboxylic acids is 1. The van der Waals surface area contributed by atoms with E-state index >= 15 is 0 Å². The lowest BCUT2D eigenvalue weighted by molar-refractivity contribution is -0.142. The lowest BCUT2D eigenvalue weighted by Crippen LogP contribution is -2.32. The molecule has 6 nitrogen and oxygen atoms in total. The fourth-order valence-electron chi connectivity index (χ4n) is 1.22. The lowest BCUT2D eigenvalue weighted by Gasteiger charge is -2.10. The number of hydrogen-bond donors (Lipinski definition) is 3. The molecule has 0 aliphatic heterocycles. The number of rotatable bonds is 6. The van der Waals surface area contributed by atoms with Gasteiger partial charge in [0.2, 0.25) is 0 Å². The van der Waals surface area contributed by atoms with E-state index in [0.29, 0.717) is 0 Å². The molecule has 1 aromatic rings. The molecule has 3 N–H and O–H groups in total. The van der Waals surface area contributed by atoms with Gasteiger partial charge < -0.3 is 20.5 Å². The first-order chi connectivity index (χ1) is 9.40. The summed E-state index contributed by atoms with van der Waals surface area (Å²) in [6.07, 6.45) is 0. The predicted molar refractivity (Wildman–Crippen MR) is 71.9 cm³/mol. The largest absolute Gasteiger partial charge is 0.480 e. The number of carboxylic acid groups (broad SMARTS) is 1. The second-order valence-electron chi connectivity index (χ2n) is 3.57. The normalized spacial score (nSPS) is 10.2. The van der Waals surface area contributed by atoms with E-state index in [4.69, 9.17) is 33.0 Å². The van der Waals surface area contributed by atoms with E-state index in [1.54, 1.807) is 0 Å². The number of amides is 2. The minimum absolute atomic E-state index is 0.0323. The summed E-state index contributed by atoms with van der Waals surface area (Å²) in [4.78, 5) is 21.6. The first-order valence-corrected chi connectivity index (χ1v) is 6.14. The Bertz CT molecular complexity index is 490. The molecule has 0 spiro atoms. The Balaban J connectivity index is 2.41. The molecule has 0 aliphatic rings. The van der Waals surface area contributed by atoms with Crippen molar-refractivity contribution in [3.05, 3.63) is 28.0 Å². The molecule has 2 amide bonds. The van der Waals surface area contributed by atoms with Crippen molar-refractivity contribution in [2.45, 2.75) is 0 Å². The number of anilines is 1. The summed E-state index contributed by atoms with van der Waals surface area (Å²) in [6, 6.07) is 1.40. The van der Waals surface area contributed by atoms with Crippen molar-refractivity contribution in [1.29, 1.82) is 0 Å². The van der Waals surface area contributed by atoms with E-state index in [1.165, 1.54) is 0 Å². The highest BCUT2D eigenvalue weighted by Crippen LogP contribution is 2.31. The minimum atomic E-state index is -1.10. The maximum absolute atomic E-state index is 12.9. The Kier molecular flexibility index (Phi) is 6.50. The molecule has 1 rings (SSSR count). The Labute approximate surface area is 123 Å². The third-order valence-corrected chi connectivity index (χ3v) is 2.60. The summed E-state index contributed by atoms with van der Waals surface area (Å²) < 4.78 is 17.7. The van der Waals surface area contributed by atoms with Gasteiger partial charge in [-0.1, -0.05) is 23.2 Å². The fourth-order valence-corrected chi connectivity index (χ4v) is 1.77. The first-order valence-electron chi connectivity index (χ1n) is 5.39. The van der Waals surface area contributed by atoms with Crippen LogP contribution in [-0.4, -0.2) is 36.9 Å².